The lowest BCUT2D eigenvalue weighted by atomic mass is 10.00. The lowest BCUT2D eigenvalue weighted by Gasteiger charge is -2.36. The van der Waals surface area contributed by atoms with Crippen LogP contribution >= 0.6 is 0 Å². The maximum Gasteiger partial charge on any atom is 0.253 e. The molecule has 0 bridgehead atoms. The number of likely N-dealkylation sites (tertiary alicyclic amines) is 1. The number of benzene rings is 2. The van der Waals surface area contributed by atoms with Gasteiger partial charge in [-0.25, -0.2) is 0 Å². The molecule has 0 radical (unpaired) electrons. The first-order chi connectivity index (χ1) is 13.1. The number of hydrogen-bond donors (Lipinski definition) is 2. The topological polar surface area (TPSA) is 69.6 Å². The molecule has 2 amide bonds. The first-order valence-electron chi connectivity index (χ1n) is 9.49. The lowest BCUT2D eigenvalue weighted by Crippen LogP contribution is -2.55. The molecule has 2 atom stereocenters. The van der Waals surface area contributed by atoms with Gasteiger partial charge in [0.1, 0.15) is 0 Å². The second kappa shape index (κ2) is 9.33. The minimum atomic E-state index is -0.746. The van der Waals surface area contributed by atoms with Crippen LogP contribution in [0.1, 0.15) is 35.2 Å². The summed E-state index contributed by atoms with van der Waals surface area (Å²) in [5, 5.41) is 13.3. The van der Waals surface area contributed by atoms with E-state index in [0.717, 1.165) is 12.8 Å². The van der Waals surface area contributed by atoms with Gasteiger partial charge in [0, 0.05) is 25.1 Å². The van der Waals surface area contributed by atoms with Gasteiger partial charge in [0.15, 0.2) is 0 Å². The van der Waals surface area contributed by atoms with E-state index in [2.05, 4.69) is 17.4 Å². The van der Waals surface area contributed by atoms with E-state index < -0.39 is 6.10 Å². The molecule has 1 aliphatic rings. The Kier molecular flexibility index (Phi) is 6.60. The van der Waals surface area contributed by atoms with E-state index in [-0.39, 0.29) is 24.4 Å². The van der Waals surface area contributed by atoms with Crippen LogP contribution in [0.5, 0.6) is 0 Å². The maximum absolute atomic E-state index is 12.5. The third-order valence-corrected chi connectivity index (χ3v) is 4.95. The zero-order chi connectivity index (χ0) is 19.1. The van der Waals surface area contributed by atoms with Crippen molar-refractivity contribution in [3.63, 3.8) is 0 Å². The molecule has 0 saturated carbocycles. The number of amides is 2. The molecule has 0 spiro atoms. The molecular formula is C22H26N2O3. The monoisotopic (exact) mass is 366 g/mol. The molecule has 2 aromatic carbocycles. The second-order valence-electron chi connectivity index (χ2n) is 6.99. The Morgan fingerprint density at radius 1 is 1.04 bits per heavy atom. The van der Waals surface area contributed by atoms with Crippen LogP contribution in [0.25, 0.3) is 0 Å². The van der Waals surface area contributed by atoms with Gasteiger partial charge in [0.25, 0.3) is 5.91 Å². The van der Waals surface area contributed by atoms with E-state index in [4.69, 9.17) is 0 Å². The van der Waals surface area contributed by atoms with Crippen LogP contribution in [0.4, 0.5) is 0 Å². The van der Waals surface area contributed by atoms with E-state index in [1.807, 2.05) is 36.4 Å². The van der Waals surface area contributed by atoms with Crippen LogP contribution in [0.3, 0.4) is 0 Å². The fourth-order valence-electron chi connectivity index (χ4n) is 3.42. The highest BCUT2D eigenvalue weighted by atomic mass is 16.3. The van der Waals surface area contributed by atoms with Gasteiger partial charge in [0.05, 0.1) is 12.1 Å². The highest BCUT2D eigenvalue weighted by Gasteiger charge is 2.31. The summed E-state index contributed by atoms with van der Waals surface area (Å²) in [4.78, 5) is 26.3. The number of hydrogen-bond acceptors (Lipinski definition) is 3. The molecule has 1 heterocycles. The second-order valence-corrected chi connectivity index (χ2v) is 6.99. The first kappa shape index (κ1) is 19.1. The van der Waals surface area contributed by atoms with Crippen molar-refractivity contribution in [1.82, 2.24) is 10.2 Å². The van der Waals surface area contributed by atoms with Crippen molar-refractivity contribution in [1.29, 1.82) is 0 Å². The lowest BCUT2D eigenvalue weighted by molar-refractivity contribution is -0.123. The number of rotatable bonds is 6. The quantitative estimate of drug-likeness (QED) is 0.825. The predicted molar refractivity (Wildman–Crippen MR) is 104 cm³/mol. The molecule has 1 fully saturated rings. The number of β-amino-alcohol motifs (C(OH)–C–C–N with tert-alkyl or cyclic N) is 1. The summed E-state index contributed by atoms with van der Waals surface area (Å²) in [6.45, 7) is 0.766. The van der Waals surface area contributed by atoms with Gasteiger partial charge in [-0.3, -0.25) is 9.59 Å². The van der Waals surface area contributed by atoms with Crippen LogP contribution in [0.2, 0.25) is 0 Å². The number of aliphatic hydroxyl groups excluding tert-OH is 1. The summed E-state index contributed by atoms with van der Waals surface area (Å²) < 4.78 is 0. The normalized spacial score (nSPS) is 19.5. The Morgan fingerprint density at radius 2 is 1.70 bits per heavy atom. The molecule has 5 nitrogen and oxygen atoms in total. The molecule has 5 heteroatoms. The highest BCUT2D eigenvalue weighted by Crippen LogP contribution is 2.15. The number of nitrogens with one attached hydrogen (secondary N) is 1. The molecule has 27 heavy (non-hydrogen) atoms. The summed E-state index contributed by atoms with van der Waals surface area (Å²) in [6.07, 6.45) is 1.89. The molecule has 2 N–H and O–H groups in total. The van der Waals surface area contributed by atoms with Crippen molar-refractivity contribution >= 4 is 11.8 Å². The van der Waals surface area contributed by atoms with Crippen LogP contribution in [-0.4, -0.2) is 47.1 Å². The smallest absolute Gasteiger partial charge is 0.253 e. The summed E-state index contributed by atoms with van der Waals surface area (Å²) in [5.74, 6) is -0.125. The summed E-state index contributed by atoms with van der Waals surface area (Å²) >= 11 is 0. The van der Waals surface area contributed by atoms with Gasteiger partial charge >= 0.3 is 0 Å². The third kappa shape index (κ3) is 5.41. The Balaban J connectivity index is 1.43. The number of nitrogens with zero attached hydrogens (tertiary/aromatic N) is 1. The molecule has 1 saturated heterocycles. The van der Waals surface area contributed by atoms with E-state index in [0.29, 0.717) is 24.9 Å². The SMILES string of the molecule is O=C(CCCc1ccccc1)NC1CCN(C(=O)c2ccccc2)CC1O. The molecule has 0 aromatic heterocycles. The molecule has 2 unspecified atom stereocenters. The number of carbonyl (C=O) groups is 2. The number of carbonyl (C=O) groups excluding carboxylic acids is 2. The molecule has 0 aliphatic carbocycles. The van der Waals surface area contributed by atoms with Gasteiger partial charge in [-0.05, 0) is 37.0 Å². The minimum Gasteiger partial charge on any atom is -0.389 e. The van der Waals surface area contributed by atoms with Crippen molar-refractivity contribution < 1.29 is 14.7 Å². The molecule has 3 rings (SSSR count). The Hall–Kier alpha value is -2.66. The fourth-order valence-corrected chi connectivity index (χ4v) is 3.42. The molecular weight excluding hydrogens is 340 g/mol. The van der Waals surface area contributed by atoms with Gasteiger partial charge in [0.2, 0.25) is 5.91 Å². The van der Waals surface area contributed by atoms with Crippen molar-refractivity contribution in [2.75, 3.05) is 13.1 Å². The summed E-state index contributed by atoms with van der Waals surface area (Å²) in [7, 11) is 0. The molecule has 142 valence electrons. The zero-order valence-corrected chi connectivity index (χ0v) is 15.4. The van der Waals surface area contributed by atoms with Crippen LogP contribution in [0.15, 0.2) is 60.7 Å². The molecule has 1 aliphatic heterocycles. The van der Waals surface area contributed by atoms with Gasteiger partial charge in [-0.2, -0.15) is 0 Å². The molecule has 2 aromatic rings. The zero-order valence-electron chi connectivity index (χ0n) is 15.4. The third-order valence-electron chi connectivity index (χ3n) is 4.95. The standard InChI is InChI=1S/C22H26N2O3/c25-20-16-24(22(27)18-11-5-2-6-12-18)15-14-19(20)23-21(26)13-7-10-17-8-3-1-4-9-17/h1-6,8-9,11-12,19-20,25H,7,10,13-16H2,(H,23,26). The van der Waals surface area contributed by atoms with Crippen LogP contribution in [-0.2, 0) is 11.2 Å². The average Bonchev–Trinajstić information content (AvgIpc) is 2.70. The number of piperidine rings is 1. The van der Waals surface area contributed by atoms with Crippen molar-refractivity contribution in [3.8, 4) is 0 Å². The summed E-state index contributed by atoms with van der Waals surface area (Å²) in [6, 6.07) is 18.9. The van der Waals surface area contributed by atoms with Crippen molar-refractivity contribution in [2.24, 2.45) is 0 Å². The van der Waals surface area contributed by atoms with E-state index in [9.17, 15) is 14.7 Å². The Bertz CT molecular complexity index is 749. The van der Waals surface area contributed by atoms with Crippen LogP contribution in [0, 0.1) is 0 Å². The maximum atomic E-state index is 12.5. The van der Waals surface area contributed by atoms with E-state index in [1.54, 1.807) is 17.0 Å². The summed E-state index contributed by atoms with van der Waals surface area (Å²) in [5.41, 5.74) is 1.84. The van der Waals surface area contributed by atoms with E-state index >= 15 is 0 Å². The predicted octanol–water partition coefficient (Wildman–Crippen LogP) is 2.40. The first-order valence-corrected chi connectivity index (χ1v) is 9.49. The van der Waals surface area contributed by atoms with E-state index in [1.165, 1.54) is 5.56 Å². The van der Waals surface area contributed by atoms with Crippen molar-refractivity contribution in [3.05, 3.63) is 71.8 Å². The number of aliphatic hydroxyl groups is 1. The van der Waals surface area contributed by atoms with Gasteiger partial charge in [-0.15, -0.1) is 0 Å². The minimum absolute atomic E-state index is 0.0437. The van der Waals surface area contributed by atoms with Crippen LogP contribution < -0.4 is 5.32 Å². The van der Waals surface area contributed by atoms with Gasteiger partial charge < -0.3 is 15.3 Å². The average molecular weight is 366 g/mol. The number of aryl methyl sites for hydroxylation is 1. The van der Waals surface area contributed by atoms with Gasteiger partial charge in [-0.1, -0.05) is 48.5 Å². The van der Waals surface area contributed by atoms with Crippen molar-refractivity contribution in [2.45, 2.75) is 37.8 Å². The highest BCUT2D eigenvalue weighted by molar-refractivity contribution is 5.94. The fraction of sp³-hybridized carbons (Fsp3) is 0.364. The Morgan fingerprint density at radius 3 is 2.37 bits per heavy atom. The largest absolute Gasteiger partial charge is 0.389 e. The Labute approximate surface area is 160 Å².